The third-order valence-corrected chi connectivity index (χ3v) is 3.64. The molecule has 3 rings (SSSR count). The largest absolute Gasteiger partial charge is 0.461 e. The minimum atomic E-state index is -0.191. The molecular formula is C19H18N2O3. The smallest absolute Gasteiger partial charge is 0.255 e. The van der Waals surface area contributed by atoms with Crippen molar-refractivity contribution in [2.45, 2.75) is 13.3 Å². The average Bonchev–Trinajstić information content (AvgIpc) is 2.98. The van der Waals surface area contributed by atoms with Crippen molar-refractivity contribution in [3.63, 3.8) is 0 Å². The van der Waals surface area contributed by atoms with E-state index in [1.165, 1.54) is 6.07 Å². The molecule has 5 heteroatoms. The van der Waals surface area contributed by atoms with Gasteiger partial charge in [0.15, 0.2) is 0 Å². The second-order valence-corrected chi connectivity index (χ2v) is 5.51. The van der Waals surface area contributed by atoms with Crippen molar-refractivity contribution in [3.8, 4) is 11.3 Å². The number of aryl methyl sites for hydroxylation is 1. The van der Waals surface area contributed by atoms with Crippen molar-refractivity contribution in [2.24, 2.45) is 0 Å². The lowest BCUT2D eigenvalue weighted by atomic mass is 10.1. The second-order valence-electron chi connectivity index (χ2n) is 5.51. The third-order valence-electron chi connectivity index (χ3n) is 3.64. The first-order chi connectivity index (χ1) is 11.6. The summed E-state index contributed by atoms with van der Waals surface area (Å²) in [7, 11) is 0. The SMILES string of the molecule is Cc1cc(C(=O)NCCc2cccc(=O)[nH]2)c(-c2ccccc2)o1. The average molecular weight is 322 g/mol. The zero-order chi connectivity index (χ0) is 16.9. The maximum absolute atomic E-state index is 12.5. The molecule has 2 heterocycles. The van der Waals surface area contributed by atoms with Gasteiger partial charge in [-0.05, 0) is 19.1 Å². The molecule has 0 saturated heterocycles. The summed E-state index contributed by atoms with van der Waals surface area (Å²) in [6.45, 7) is 2.25. The molecule has 1 aromatic carbocycles. The summed E-state index contributed by atoms with van der Waals surface area (Å²) in [6, 6.07) is 16.3. The predicted octanol–water partition coefficient (Wildman–Crippen LogP) is 2.92. The van der Waals surface area contributed by atoms with Crippen molar-refractivity contribution in [3.05, 3.63) is 82.0 Å². The van der Waals surface area contributed by atoms with Crippen LogP contribution >= 0.6 is 0 Å². The lowest BCUT2D eigenvalue weighted by Crippen LogP contribution is -2.26. The van der Waals surface area contributed by atoms with Crippen LogP contribution in [0.25, 0.3) is 11.3 Å². The van der Waals surface area contributed by atoms with Gasteiger partial charge in [0.05, 0.1) is 5.56 Å². The van der Waals surface area contributed by atoms with E-state index >= 15 is 0 Å². The molecule has 1 amide bonds. The van der Waals surface area contributed by atoms with Crippen LogP contribution in [0, 0.1) is 6.92 Å². The number of hydrogen-bond donors (Lipinski definition) is 2. The number of carbonyl (C=O) groups excluding carboxylic acids is 1. The van der Waals surface area contributed by atoms with Gasteiger partial charge in [-0.15, -0.1) is 0 Å². The van der Waals surface area contributed by atoms with Gasteiger partial charge in [-0.1, -0.05) is 36.4 Å². The fraction of sp³-hybridized carbons (Fsp3) is 0.158. The summed E-state index contributed by atoms with van der Waals surface area (Å²) < 4.78 is 5.69. The van der Waals surface area contributed by atoms with Crippen LogP contribution in [0.15, 0.2) is 63.8 Å². The number of furan rings is 1. The van der Waals surface area contributed by atoms with E-state index in [1.807, 2.05) is 43.3 Å². The zero-order valence-electron chi connectivity index (χ0n) is 13.3. The third kappa shape index (κ3) is 3.63. The number of amides is 1. The van der Waals surface area contributed by atoms with Crippen LogP contribution < -0.4 is 10.9 Å². The van der Waals surface area contributed by atoms with Crippen LogP contribution in [0.3, 0.4) is 0 Å². The summed E-state index contributed by atoms with van der Waals surface area (Å²) in [5.74, 6) is 1.06. The van der Waals surface area contributed by atoms with Gasteiger partial charge in [0, 0.05) is 30.3 Å². The first-order valence-electron chi connectivity index (χ1n) is 7.76. The number of nitrogens with one attached hydrogen (secondary N) is 2. The number of hydrogen-bond acceptors (Lipinski definition) is 3. The van der Waals surface area contributed by atoms with Crippen molar-refractivity contribution < 1.29 is 9.21 Å². The van der Waals surface area contributed by atoms with Crippen LogP contribution in [0.5, 0.6) is 0 Å². The molecule has 24 heavy (non-hydrogen) atoms. The molecule has 3 aromatic rings. The Balaban J connectivity index is 1.70. The lowest BCUT2D eigenvalue weighted by molar-refractivity contribution is 0.0954. The maximum Gasteiger partial charge on any atom is 0.255 e. The highest BCUT2D eigenvalue weighted by atomic mass is 16.3. The van der Waals surface area contributed by atoms with Gasteiger partial charge >= 0.3 is 0 Å². The van der Waals surface area contributed by atoms with Gasteiger partial charge in [-0.2, -0.15) is 0 Å². The van der Waals surface area contributed by atoms with Crippen molar-refractivity contribution in [1.29, 1.82) is 0 Å². The molecule has 0 atom stereocenters. The molecule has 0 spiro atoms. The molecule has 0 radical (unpaired) electrons. The first kappa shape index (κ1) is 15.8. The molecule has 2 N–H and O–H groups in total. The zero-order valence-corrected chi connectivity index (χ0v) is 13.3. The predicted molar refractivity (Wildman–Crippen MR) is 92.0 cm³/mol. The highest BCUT2D eigenvalue weighted by Crippen LogP contribution is 2.26. The van der Waals surface area contributed by atoms with Crippen LogP contribution in [-0.4, -0.2) is 17.4 Å². The fourth-order valence-electron chi connectivity index (χ4n) is 2.53. The van der Waals surface area contributed by atoms with E-state index < -0.39 is 0 Å². The highest BCUT2D eigenvalue weighted by molar-refractivity contribution is 5.99. The standard InChI is InChI=1S/C19H18N2O3/c1-13-12-16(18(24-13)14-6-3-2-4-7-14)19(23)20-11-10-15-8-5-9-17(22)21-15/h2-9,12H,10-11H2,1H3,(H,20,23)(H,21,22). The van der Waals surface area contributed by atoms with Gasteiger partial charge in [0.2, 0.25) is 5.56 Å². The number of carbonyl (C=O) groups is 1. The van der Waals surface area contributed by atoms with Gasteiger partial charge in [-0.25, -0.2) is 0 Å². The normalized spacial score (nSPS) is 10.5. The molecule has 0 aliphatic carbocycles. The number of rotatable bonds is 5. The number of pyridine rings is 1. The molecule has 0 aliphatic heterocycles. The van der Waals surface area contributed by atoms with Gasteiger partial charge < -0.3 is 14.7 Å². The summed E-state index contributed by atoms with van der Waals surface area (Å²) in [6.07, 6.45) is 0.555. The minimum absolute atomic E-state index is 0.143. The molecule has 0 bridgehead atoms. The van der Waals surface area contributed by atoms with Gasteiger partial charge in [-0.3, -0.25) is 9.59 Å². The monoisotopic (exact) mass is 322 g/mol. The summed E-state index contributed by atoms with van der Waals surface area (Å²) in [4.78, 5) is 26.5. The van der Waals surface area contributed by atoms with E-state index in [0.29, 0.717) is 30.0 Å². The number of H-pyrrole nitrogens is 1. The Morgan fingerprint density at radius 2 is 1.92 bits per heavy atom. The van der Waals surface area contributed by atoms with Crippen molar-refractivity contribution in [2.75, 3.05) is 6.54 Å². The van der Waals surface area contributed by atoms with Crippen LogP contribution in [-0.2, 0) is 6.42 Å². The summed E-state index contributed by atoms with van der Waals surface area (Å²) >= 11 is 0. The van der Waals surface area contributed by atoms with Crippen LogP contribution in [0.1, 0.15) is 21.8 Å². The Morgan fingerprint density at radius 3 is 2.67 bits per heavy atom. The van der Waals surface area contributed by atoms with E-state index in [1.54, 1.807) is 12.1 Å². The topological polar surface area (TPSA) is 75.1 Å². The Kier molecular flexibility index (Phi) is 4.61. The summed E-state index contributed by atoms with van der Waals surface area (Å²) in [5.41, 5.74) is 2.02. The van der Waals surface area contributed by atoms with Gasteiger partial charge in [0.1, 0.15) is 11.5 Å². The van der Waals surface area contributed by atoms with E-state index in [9.17, 15) is 9.59 Å². The molecule has 0 fully saturated rings. The van der Waals surface area contributed by atoms with E-state index in [-0.39, 0.29) is 11.5 Å². The highest BCUT2D eigenvalue weighted by Gasteiger charge is 2.17. The maximum atomic E-state index is 12.5. The molecule has 0 unspecified atom stereocenters. The summed E-state index contributed by atoms with van der Waals surface area (Å²) in [5, 5.41) is 2.87. The molecule has 2 aromatic heterocycles. The minimum Gasteiger partial charge on any atom is -0.461 e. The Morgan fingerprint density at radius 1 is 1.12 bits per heavy atom. The van der Waals surface area contributed by atoms with Crippen molar-refractivity contribution >= 4 is 5.91 Å². The van der Waals surface area contributed by atoms with Crippen LogP contribution in [0.4, 0.5) is 0 Å². The first-order valence-corrected chi connectivity index (χ1v) is 7.76. The molecule has 122 valence electrons. The molecule has 0 aliphatic rings. The van der Waals surface area contributed by atoms with Gasteiger partial charge in [0.25, 0.3) is 5.91 Å². The van der Waals surface area contributed by atoms with E-state index in [2.05, 4.69) is 10.3 Å². The number of aromatic amines is 1. The Bertz CT molecular complexity index is 894. The number of benzene rings is 1. The van der Waals surface area contributed by atoms with Crippen LogP contribution in [0.2, 0.25) is 0 Å². The quantitative estimate of drug-likeness (QED) is 0.758. The lowest BCUT2D eigenvalue weighted by Gasteiger charge is -2.06. The van der Waals surface area contributed by atoms with E-state index in [4.69, 9.17) is 4.42 Å². The molecule has 0 saturated carbocycles. The molecular weight excluding hydrogens is 304 g/mol. The number of aromatic nitrogens is 1. The second kappa shape index (κ2) is 7.00. The fourth-order valence-corrected chi connectivity index (χ4v) is 2.53. The Labute approximate surface area is 139 Å². The van der Waals surface area contributed by atoms with Crippen molar-refractivity contribution in [1.82, 2.24) is 10.3 Å². The van der Waals surface area contributed by atoms with E-state index in [0.717, 1.165) is 11.3 Å². The Hall–Kier alpha value is -3.08. The molecule has 5 nitrogen and oxygen atoms in total.